The first-order valence-corrected chi connectivity index (χ1v) is 12.5. The molecule has 3 aromatic rings. The van der Waals surface area contributed by atoms with E-state index >= 15 is 0 Å². The summed E-state index contributed by atoms with van der Waals surface area (Å²) in [5, 5.41) is 3.37. The molecule has 2 amide bonds. The van der Waals surface area contributed by atoms with Crippen LogP contribution in [0.1, 0.15) is 68.9 Å². The van der Waals surface area contributed by atoms with Gasteiger partial charge < -0.3 is 19.2 Å². The van der Waals surface area contributed by atoms with Gasteiger partial charge >= 0.3 is 0 Å². The zero-order valence-corrected chi connectivity index (χ0v) is 20.6. The average molecular weight is 462 g/mol. The zero-order valence-electron chi connectivity index (χ0n) is 20.6. The number of amides is 2. The van der Waals surface area contributed by atoms with E-state index in [1.165, 1.54) is 6.42 Å². The Kier molecular flexibility index (Phi) is 5.78. The van der Waals surface area contributed by atoms with Crippen molar-refractivity contribution in [2.45, 2.75) is 71.0 Å². The number of carbonyl (C=O) groups is 2. The molecule has 2 aliphatic rings. The molecule has 1 aliphatic heterocycles. The van der Waals surface area contributed by atoms with Crippen molar-refractivity contribution in [2.24, 2.45) is 11.8 Å². The van der Waals surface area contributed by atoms with Gasteiger partial charge in [0.1, 0.15) is 11.2 Å². The Morgan fingerprint density at radius 2 is 1.97 bits per heavy atom. The van der Waals surface area contributed by atoms with Crippen LogP contribution in [0.4, 0.5) is 0 Å². The van der Waals surface area contributed by atoms with Crippen LogP contribution in [-0.2, 0) is 11.3 Å². The van der Waals surface area contributed by atoms with Crippen molar-refractivity contribution in [3.63, 3.8) is 0 Å². The highest BCUT2D eigenvalue weighted by atomic mass is 16.3. The minimum Gasteiger partial charge on any atom is -0.463 e. The summed E-state index contributed by atoms with van der Waals surface area (Å²) in [6.07, 6.45) is 4.95. The molecule has 1 aliphatic carbocycles. The summed E-state index contributed by atoms with van der Waals surface area (Å²) in [7, 11) is 0. The predicted molar refractivity (Wildman–Crippen MR) is 133 cm³/mol. The van der Waals surface area contributed by atoms with E-state index in [9.17, 15) is 9.59 Å². The SMILES string of the molecule is C[C@H]1[C@@H](C)CCC[C@H]1NC(=O)[C@@]1(C)Cn2c(cc3occc32)C(=O)N1C[C@@H](C)c1ccccc1. The van der Waals surface area contributed by atoms with Gasteiger partial charge in [0.05, 0.1) is 18.3 Å². The Morgan fingerprint density at radius 3 is 2.74 bits per heavy atom. The monoisotopic (exact) mass is 461 g/mol. The molecule has 6 nitrogen and oxygen atoms in total. The zero-order chi connectivity index (χ0) is 24.0. The van der Waals surface area contributed by atoms with E-state index in [-0.39, 0.29) is 23.8 Å². The number of benzene rings is 1. The molecule has 6 heteroatoms. The van der Waals surface area contributed by atoms with E-state index < -0.39 is 5.54 Å². The summed E-state index contributed by atoms with van der Waals surface area (Å²) in [5.41, 5.74) is 2.27. The fourth-order valence-corrected chi connectivity index (χ4v) is 5.83. The molecule has 3 heterocycles. The summed E-state index contributed by atoms with van der Waals surface area (Å²) in [6.45, 7) is 9.41. The van der Waals surface area contributed by atoms with Crippen molar-refractivity contribution in [3.05, 3.63) is 60.0 Å². The van der Waals surface area contributed by atoms with Crippen molar-refractivity contribution in [1.82, 2.24) is 14.8 Å². The molecule has 5 atom stereocenters. The highest BCUT2D eigenvalue weighted by molar-refractivity contribution is 6.03. The maximum absolute atomic E-state index is 14.0. The van der Waals surface area contributed by atoms with Crippen LogP contribution in [0.5, 0.6) is 0 Å². The maximum atomic E-state index is 14.0. The van der Waals surface area contributed by atoms with Gasteiger partial charge in [0.15, 0.2) is 5.58 Å². The van der Waals surface area contributed by atoms with E-state index in [0.717, 1.165) is 23.9 Å². The molecular weight excluding hydrogens is 426 g/mol. The quantitative estimate of drug-likeness (QED) is 0.568. The molecular formula is C28H35N3O3. The van der Waals surface area contributed by atoms with E-state index in [1.54, 1.807) is 17.2 Å². The second-order valence-corrected chi connectivity index (χ2v) is 10.6. The van der Waals surface area contributed by atoms with Crippen molar-refractivity contribution in [3.8, 4) is 0 Å². The van der Waals surface area contributed by atoms with Crippen molar-refractivity contribution in [2.75, 3.05) is 6.54 Å². The second-order valence-electron chi connectivity index (χ2n) is 10.6. The van der Waals surface area contributed by atoms with E-state index in [0.29, 0.717) is 36.2 Å². The lowest BCUT2D eigenvalue weighted by atomic mass is 9.77. The standard InChI is InChI=1S/C28H35N3O3/c1-18-9-8-12-22(20(18)3)29-27(33)28(4)17-30-23-13-14-34-25(23)15-24(30)26(32)31(28)16-19(2)21-10-6-5-7-11-21/h5-7,10-11,13-15,18-20,22H,8-9,12,16-17H2,1-4H3,(H,29,33)/t18-,19+,20-,22+,28+/m0/s1. The normalized spacial score (nSPS) is 28.1. The first-order valence-electron chi connectivity index (χ1n) is 12.5. The van der Waals surface area contributed by atoms with Crippen LogP contribution in [0.3, 0.4) is 0 Å². The lowest BCUT2D eigenvalue weighted by molar-refractivity contribution is -0.134. The number of aromatic nitrogens is 1. The van der Waals surface area contributed by atoms with Crippen LogP contribution in [0, 0.1) is 11.8 Å². The number of carbonyl (C=O) groups excluding carboxylic acids is 2. The molecule has 1 fully saturated rings. The van der Waals surface area contributed by atoms with E-state index in [2.05, 4.69) is 38.2 Å². The molecule has 1 saturated carbocycles. The number of rotatable bonds is 5. The summed E-state index contributed by atoms with van der Waals surface area (Å²) in [6, 6.07) is 14.0. The smallest absolute Gasteiger partial charge is 0.271 e. The van der Waals surface area contributed by atoms with Gasteiger partial charge in [0, 0.05) is 24.7 Å². The average Bonchev–Trinajstić information content (AvgIpc) is 3.42. The van der Waals surface area contributed by atoms with Crippen LogP contribution in [0.2, 0.25) is 0 Å². The molecule has 1 N–H and O–H groups in total. The minimum atomic E-state index is -1.00. The van der Waals surface area contributed by atoms with Crippen LogP contribution < -0.4 is 5.32 Å². The highest BCUT2D eigenvalue weighted by Gasteiger charge is 2.49. The number of nitrogens with zero attached hydrogens (tertiary/aromatic N) is 2. The molecule has 180 valence electrons. The van der Waals surface area contributed by atoms with Gasteiger partial charge in [0.2, 0.25) is 5.91 Å². The maximum Gasteiger partial charge on any atom is 0.271 e. The molecule has 2 aromatic heterocycles. The Hall–Kier alpha value is -3.02. The first-order chi connectivity index (χ1) is 16.3. The summed E-state index contributed by atoms with van der Waals surface area (Å²) >= 11 is 0. The highest BCUT2D eigenvalue weighted by Crippen LogP contribution is 2.36. The van der Waals surface area contributed by atoms with Gasteiger partial charge in [-0.25, -0.2) is 0 Å². The molecule has 1 aromatic carbocycles. The fourth-order valence-electron chi connectivity index (χ4n) is 5.83. The Morgan fingerprint density at radius 1 is 1.21 bits per heavy atom. The number of furan rings is 1. The summed E-state index contributed by atoms with van der Waals surface area (Å²) in [5.74, 6) is 0.900. The van der Waals surface area contributed by atoms with Gasteiger partial charge in [-0.15, -0.1) is 0 Å². The molecule has 5 rings (SSSR count). The fraction of sp³-hybridized carbons (Fsp3) is 0.500. The summed E-state index contributed by atoms with van der Waals surface area (Å²) in [4.78, 5) is 29.6. The second kappa shape index (κ2) is 8.64. The Balaban J connectivity index is 1.50. The van der Waals surface area contributed by atoms with Crippen LogP contribution in [0.15, 0.2) is 53.1 Å². The number of hydrogen-bond donors (Lipinski definition) is 1. The lowest BCUT2D eigenvalue weighted by Crippen LogP contribution is -2.66. The van der Waals surface area contributed by atoms with Crippen LogP contribution in [-0.4, -0.2) is 39.4 Å². The molecule has 34 heavy (non-hydrogen) atoms. The van der Waals surface area contributed by atoms with Gasteiger partial charge in [-0.1, -0.05) is 63.9 Å². The third kappa shape index (κ3) is 3.73. The molecule has 0 unspecified atom stereocenters. The molecule has 0 saturated heterocycles. The molecule has 0 spiro atoms. The lowest BCUT2D eigenvalue weighted by Gasteiger charge is -2.46. The number of fused-ring (bicyclic) bond motifs is 3. The minimum absolute atomic E-state index is 0.0666. The van der Waals surface area contributed by atoms with Crippen molar-refractivity contribution in [1.29, 1.82) is 0 Å². The van der Waals surface area contributed by atoms with E-state index in [1.807, 2.05) is 35.8 Å². The predicted octanol–water partition coefficient (Wildman–Crippen LogP) is 5.19. The van der Waals surface area contributed by atoms with Gasteiger partial charge in [-0.05, 0) is 36.7 Å². The largest absolute Gasteiger partial charge is 0.463 e. The first kappa shape index (κ1) is 22.8. The van der Waals surface area contributed by atoms with E-state index in [4.69, 9.17) is 4.42 Å². The molecule has 0 bridgehead atoms. The van der Waals surface area contributed by atoms with Gasteiger partial charge in [-0.2, -0.15) is 0 Å². The van der Waals surface area contributed by atoms with Crippen LogP contribution in [0.25, 0.3) is 11.1 Å². The topological polar surface area (TPSA) is 67.5 Å². The van der Waals surface area contributed by atoms with Crippen molar-refractivity contribution < 1.29 is 14.0 Å². The van der Waals surface area contributed by atoms with Crippen molar-refractivity contribution >= 4 is 22.9 Å². The summed E-state index contributed by atoms with van der Waals surface area (Å²) < 4.78 is 7.54. The van der Waals surface area contributed by atoms with Gasteiger partial charge in [-0.3, -0.25) is 9.59 Å². The van der Waals surface area contributed by atoms with Crippen LogP contribution >= 0.6 is 0 Å². The number of nitrogens with one attached hydrogen (secondary N) is 1. The third-order valence-corrected chi connectivity index (χ3v) is 8.39. The Labute approximate surface area is 201 Å². The Bertz CT molecular complexity index is 1200. The molecule has 0 radical (unpaired) electrons. The number of hydrogen-bond acceptors (Lipinski definition) is 3. The van der Waals surface area contributed by atoms with Gasteiger partial charge in [0.25, 0.3) is 5.91 Å². The third-order valence-electron chi connectivity index (χ3n) is 8.39.